The molecule has 0 saturated carbocycles. The van der Waals surface area contributed by atoms with Gasteiger partial charge in [0.25, 0.3) is 0 Å². The van der Waals surface area contributed by atoms with Crippen molar-refractivity contribution < 1.29 is 4.74 Å². The van der Waals surface area contributed by atoms with Gasteiger partial charge in [-0.25, -0.2) is 0 Å². The molecule has 2 aliphatic heterocycles. The molecule has 0 aliphatic carbocycles. The van der Waals surface area contributed by atoms with Crippen molar-refractivity contribution in [2.45, 2.75) is 44.1 Å². The second-order valence-electron chi connectivity index (χ2n) is 6.70. The molecule has 1 atom stereocenters. The highest BCUT2D eigenvalue weighted by atomic mass is 32.1. The molecule has 0 aromatic carbocycles. The van der Waals surface area contributed by atoms with Crippen LogP contribution in [0, 0.1) is 0 Å². The second-order valence-corrected chi connectivity index (χ2v) is 7.73. The number of aromatic nitrogens is 2. The number of rotatable bonds is 5. The van der Waals surface area contributed by atoms with Gasteiger partial charge in [0.15, 0.2) is 0 Å². The number of aromatic amines is 1. The Morgan fingerprint density at radius 1 is 1.30 bits per heavy atom. The Labute approximate surface area is 141 Å². The van der Waals surface area contributed by atoms with Crippen LogP contribution >= 0.6 is 11.3 Å². The van der Waals surface area contributed by atoms with Crippen molar-refractivity contribution in [3.63, 3.8) is 0 Å². The Hall–Kier alpha value is -1.17. The molecule has 2 fully saturated rings. The van der Waals surface area contributed by atoms with E-state index in [9.17, 15) is 0 Å². The molecule has 1 N–H and O–H groups in total. The quantitative estimate of drug-likeness (QED) is 0.907. The number of thiophene rings is 1. The molecule has 4 nitrogen and oxygen atoms in total. The van der Waals surface area contributed by atoms with Crippen LogP contribution < -0.4 is 0 Å². The highest BCUT2D eigenvalue weighted by molar-refractivity contribution is 7.09. The van der Waals surface area contributed by atoms with Crippen LogP contribution in [-0.2, 0) is 11.2 Å². The lowest BCUT2D eigenvalue weighted by atomic mass is 9.93. The molecule has 4 heterocycles. The van der Waals surface area contributed by atoms with Gasteiger partial charge in [-0.15, -0.1) is 11.3 Å². The molecular weight excluding hydrogens is 306 g/mol. The number of hydrogen-bond donors (Lipinski definition) is 1. The zero-order valence-electron chi connectivity index (χ0n) is 13.5. The maximum absolute atomic E-state index is 5.75. The van der Waals surface area contributed by atoms with Crippen LogP contribution in [0.2, 0.25) is 0 Å². The van der Waals surface area contributed by atoms with Gasteiger partial charge >= 0.3 is 0 Å². The molecule has 23 heavy (non-hydrogen) atoms. The Bertz CT molecular complexity index is 596. The third-order valence-corrected chi connectivity index (χ3v) is 6.09. The first-order valence-corrected chi connectivity index (χ1v) is 9.68. The SMILES string of the molecule is c1csc(CCN2CCC(c3cc(C4CCCO4)[nH]n3)CC2)c1. The van der Waals surface area contributed by atoms with Gasteiger partial charge in [0.05, 0.1) is 17.5 Å². The van der Waals surface area contributed by atoms with Crippen LogP contribution in [0.5, 0.6) is 0 Å². The molecular formula is C18H25N3OS. The summed E-state index contributed by atoms with van der Waals surface area (Å²) in [7, 11) is 0. The monoisotopic (exact) mass is 331 g/mol. The average molecular weight is 331 g/mol. The summed E-state index contributed by atoms with van der Waals surface area (Å²) in [6.45, 7) is 4.47. The summed E-state index contributed by atoms with van der Waals surface area (Å²) in [4.78, 5) is 4.10. The number of ether oxygens (including phenoxy) is 1. The standard InChI is InChI=1S/C18H25N3OS/c1-4-18(22-11-1)17-13-16(19-20-17)14-5-8-21(9-6-14)10-7-15-3-2-12-23-15/h2-3,12-14,18H,1,4-11H2,(H,19,20). The number of piperidine rings is 1. The molecule has 4 rings (SSSR count). The fraction of sp³-hybridized carbons (Fsp3) is 0.611. The van der Waals surface area contributed by atoms with Gasteiger partial charge in [0.1, 0.15) is 0 Å². The molecule has 124 valence electrons. The zero-order chi connectivity index (χ0) is 15.5. The first-order valence-electron chi connectivity index (χ1n) is 8.80. The minimum absolute atomic E-state index is 0.252. The van der Waals surface area contributed by atoms with Crippen LogP contribution in [-0.4, -0.2) is 41.3 Å². The molecule has 2 saturated heterocycles. The maximum Gasteiger partial charge on any atom is 0.0989 e. The van der Waals surface area contributed by atoms with E-state index in [1.807, 2.05) is 11.3 Å². The van der Waals surface area contributed by atoms with Crippen molar-refractivity contribution in [2.75, 3.05) is 26.2 Å². The van der Waals surface area contributed by atoms with E-state index in [0.29, 0.717) is 5.92 Å². The molecule has 0 amide bonds. The number of H-pyrrole nitrogens is 1. The molecule has 1 unspecified atom stereocenters. The lowest BCUT2D eigenvalue weighted by molar-refractivity contribution is 0.108. The van der Waals surface area contributed by atoms with Crippen molar-refractivity contribution in [3.8, 4) is 0 Å². The topological polar surface area (TPSA) is 41.1 Å². The van der Waals surface area contributed by atoms with Gasteiger partial charge in [-0.05, 0) is 62.7 Å². The lowest BCUT2D eigenvalue weighted by Crippen LogP contribution is -2.34. The van der Waals surface area contributed by atoms with E-state index in [4.69, 9.17) is 4.74 Å². The Kier molecular flexibility index (Phi) is 4.78. The number of nitrogens with one attached hydrogen (secondary N) is 1. The van der Waals surface area contributed by atoms with Crippen LogP contribution in [0.15, 0.2) is 23.6 Å². The molecule has 2 aromatic heterocycles. The van der Waals surface area contributed by atoms with Crippen LogP contribution in [0.4, 0.5) is 0 Å². The molecule has 2 aliphatic rings. The number of hydrogen-bond acceptors (Lipinski definition) is 4. The summed E-state index contributed by atoms with van der Waals surface area (Å²) in [6.07, 6.45) is 6.18. The van der Waals surface area contributed by atoms with Gasteiger partial charge < -0.3 is 9.64 Å². The normalized spacial score (nSPS) is 23.6. The summed E-state index contributed by atoms with van der Waals surface area (Å²) in [5, 5.41) is 9.96. The Morgan fingerprint density at radius 2 is 2.22 bits per heavy atom. The lowest BCUT2D eigenvalue weighted by Gasteiger charge is -2.31. The van der Waals surface area contributed by atoms with E-state index in [2.05, 4.69) is 38.7 Å². The van der Waals surface area contributed by atoms with Crippen LogP contribution in [0.1, 0.15) is 54.0 Å². The van der Waals surface area contributed by atoms with Gasteiger partial charge in [0, 0.05) is 23.9 Å². The molecule has 2 aromatic rings. The molecule has 5 heteroatoms. The van der Waals surface area contributed by atoms with Gasteiger partial charge in [-0.3, -0.25) is 5.10 Å². The third-order valence-electron chi connectivity index (χ3n) is 5.15. The summed E-state index contributed by atoms with van der Waals surface area (Å²) >= 11 is 1.87. The molecule has 0 bridgehead atoms. The predicted molar refractivity (Wildman–Crippen MR) is 93.0 cm³/mol. The maximum atomic E-state index is 5.75. The highest BCUT2D eigenvalue weighted by Gasteiger charge is 2.25. The number of likely N-dealkylation sites (tertiary alicyclic amines) is 1. The van der Waals surface area contributed by atoms with Crippen molar-refractivity contribution in [3.05, 3.63) is 39.8 Å². The predicted octanol–water partition coefficient (Wildman–Crippen LogP) is 3.74. The van der Waals surface area contributed by atoms with E-state index in [1.165, 1.54) is 61.6 Å². The molecule has 0 radical (unpaired) electrons. The first kappa shape index (κ1) is 15.4. The Morgan fingerprint density at radius 3 is 2.96 bits per heavy atom. The van der Waals surface area contributed by atoms with E-state index in [0.717, 1.165) is 13.0 Å². The summed E-state index contributed by atoms with van der Waals surface area (Å²) in [5.41, 5.74) is 2.42. The van der Waals surface area contributed by atoms with Gasteiger partial charge in [-0.2, -0.15) is 5.10 Å². The van der Waals surface area contributed by atoms with Gasteiger partial charge in [0.2, 0.25) is 0 Å². The van der Waals surface area contributed by atoms with Crippen molar-refractivity contribution >= 4 is 11.3 Å². The van der Waals surface area contributed by atoms with E-state index in [-0.39, 0.29) is 6.10 Å². The van der Waals surface area contributed by atoms with Crippen LogP contribution in [0.3, 0.4) is 0 Å². The summed E-state index contributed by atoms with van der Waals surface area (Å²) < 4.78 is 5.75. The highest BCUT2D eigenvalue weighted by Crippen LogP contribution is 2.31. The first-order chi connectivity index (χ1) is 11.4. The second kappa shape index (κ2) is 7.16. The molecule has 0 spiro atoms. The number of nitrogens with zero attached hydrogens (tertiary/aromatic N) is 2. The van der Waals surface area contributed by atoms with E-state index in [1.54, 1.807) is 0 Å². The third kappa shape index (κ3) is 3.67. The summed E-state index contributed by atoms with van der Waals surface area (Å²) in [6, 6.07) is 6.64. The largest absolute Gasteiger partial charge is 0.372 e. The fourth-order valence-corrected chi connectivity index (χ4v) is 4.42. The van der Waals surface area contributed by atoms with Crippen molar-refractivity contribution in [2.24, 2.45) is 0 Å². The fourth-order valence-electron chi connectivity index (χ4n) is 3.73. The van der Waals surface area contributed by atoms with Crippen LogP contribution in [0.25, 0.3) is 0 Å². The van der Waals surface area contributed by atoms with Gasteiger partial charge in [-0.1, -0.05) is 6.07 Å². The van der Waals surface area contributed by atoms with Crippen molar-refractivity contribution in [1.29, 1.82) is 0 Å². The minimum atomic E-state index is 0.252. The smallest absolute Gasteiger partial charge is 0.0989 e. The van der Waals surface area contributed by atoms with E-state index < -0.39 is 0 Å². The zero-order valence-corrected chi connectivity index (χ0v) is 14.4. The Balaban J connectivity index is 1.27. The van der Waals surface area contributed by atoms with E-state index >= 15 is 0 Å². The minimum Gasteiger partial charge on any atom is -0.372 e. The average Bonchev–Trinajstić information content (AvgIpc) is 3.35. The summed E-state index contributed by atoms with van der Waals surface area (Å²) in [5.74, 6) is 0.611. The van der Waals surface area contributed by atoms with Crippen molar-refractivity contribution in [1.82, 2.24) is 15.1 Å².